The van der Waals surface area contributed by atoms with Crippen molar-refractivity contribution < 1.29 is 22.4 Å². The molecule has 1 aliphatic rings. The Labute approximate surface area is 138 Å². The van der Waals surface area contributed by atoms with Crippen LogP contribution in [-0.2, 0) is 14.8 Å². The summed E-state index contributed by atoms with van der Waals surface area (Å²) in [6.45, 7) is 0.627. The van der Waals surface area contributed by atoms with Crippen molar-refractivity contribution in [3.8, 4) is 0 Å². The van der Waals surface area contributed by atoms with Gasteiger partial charge in [0.2, 0.25) is 5.91 Å². The number of benzene rings is 1. The third-order valence-electron chi connectivity index (χ3n) is 3.58. The standard InChI is InChI=1S/C15H15N3O5S/c19-14-4-1-9-18(14)11-5-7-12(8-6-11)24(21,22)17-16-15(20)13-3-2-10-23-13/h2-3,5-8,10,17H,1,4,9H2,(H,16,20). The SMILES string of the molecule is O=C(NNS(=O)(=O)c1ccc(N2CCCC2=O)cc1)c1ccco1. The molecule has 0 bridgehead atoms. The lowest BCUT2D eigenvalue weighted by molar-refractivity contribution is -0.117. The number of hydrazine groups is 1. The molecule has 3 rings (SSSR count). The summed E-state index contributed by atoms with van der Waals surface area (Å²) in [5, 5.41) is 0. The van der Waals surface area contributed by atoms with Crippen molar-refractivity contribution in [2.45, 2.75) is 17.7 Å². The van der Waals surface area contributed by atoms with E-state index in [1.807, 2.05) is 4.83 Å². The van der Waals surface area contributed by atoms with E-state index < -0.39 is 15.9 Å². The van der Waals surface area contributed by atoms with Crippen molar-refractivity contribution in [3.05, 3.63) is 48.4 Å². The topological polar surface area (TPSA) is 109 Å². The zero-order valence-corrected chi connectivity index (χ0v) is 13.4. The predicted octanol–water partition coefficient (Wildman–Crippen LogP) is 1.03. The maximum Gasteiger partial charge on any atom is 0.301 e. The molecule has 0 saturated carbocycles. The Balaban J connectivity index is 1.68. The van der Waals surface area contributed by atoms with Crippen molar-refractivity contribution in [1.82, 2.24) is 10.3 Å². The molecular formula is C15H15N3O5S. The Hall–Kier alpha value is -2.65. The second kappa shape index (κ2) is 6.46. The number of anilines is 1. The van der Waals surface area contributed by atoms with E-state index in [-0.39, 0.29) is 16.6 Å². The zero-order chi connectivity index (χ0) is 17.2. The summed E-state index contributed by atoms with van der Waals surface area (Å²) in [6, 6.07) is 8.80. The van der Waals surface area contributed by atoms with Gasteiger partial charge in [-0.05, 0) is 42.8 Å². The first-order valence-corrected chi connectivity index (χ1v) is 8.72. The number of sulfonamides is 1. The van der Waals surface area contributed by atoms with Gasteiger partial charge in [0.15, 0.2) is 5.76 Å². The molecule has 0 spiro atoms. The first-order chi connectivity index (χ1) is 11.5. The number of nitrogens with zero attached hydrogens (tertiary/aromatic N) is 1. The Kier molecular flexibility index (Phi) is 4.36. The highest BCUT2D eigenvalue weighted by Crippen LogP contribution is 2.22. The van der Waals surface area contributed by atoms with Crippen LogP contribution in [0.1, 0.15) is 23.4 Å². The fourth-order valence-electron chi connectivity index (χ4n) is 2.37. The number of nitrogens with one attached hydrogen (secondary N) is 2. The van der Waals surface area contributed by atoms with Gasteiger partial charge in [-0.3, -0.25) is 15.0 Å². The number of furan rings is 1. The van der Waals surface area contributed by atoms with Crippen LogP contribution < -0.4 is 15.2 Å². The quantitative estimate of drug-likeness (QED) is 0.784. The smallest absolute Gasteiger partial charge is 0.301 e. The van der Waals surface area contributed by atoms with Crippen LogP contribution in [0, 0.1) is 0 Å². The molecule has 1 fully saturated rings. The van der Waals surface area contributed by atoms with E-state index in [0.717, 1.165) is 6.42 Å². The van der Waals surface area contributed by atoms with Crippen LogP contribution in [0.25, 0.3) is 0 Å². The molecule has 1 aliphatic heterocycles. The van der Waals surface area contributed by atoms with Crippen LogP contribution in [0.15, 0.2) is 52.0 Å². The van der Waals surface area contributed by atoms with Crippen LogP contribution in [0.2, 0.25) is 0 Å². The molecule has 0 unspecified atom stereocenters. The fourth-order valence-corrected chi connectivity index (χ4v) is 3.21. The van der Waals surface area contributed by atoms with Crippen molar-refractivity contribution >= 4 is 27.5 Å². The molecular weight excluding hydrogens is 334 g/mol. The lowest BCUT2D eigenvalue weighted by Gasteiger charge is -2.16. The number of hydrogen-bond acceptors (Lipinski definition) is 5. The average molecular weight is 349 g/mol. The van der Waals surface area contributed by atoms with E-state index in [1.165, 1.54) is 30.5 Å². The summed E-state index contributed by atoms with van der Waals surface area (Å²) >= 11 is 0. The Morgan fingerprint density at radius 3 is 2.50 bits per heavy atom. The monoisotopic (exact) mass is 349 g/mol. The molecule has 2 heterocycles. The van der Waals surface area contributed by atoms with Crippen molar-refractivity contribution in [3.63, 3.8) is 0 Å². The largest absolute Gasteiger partial charge is 0.459 e. The third kappa shape index (κ3) is 3.31. The minimum Gasteiger partial charge on any atom is -0.459 e. The highest BCUT2D eigenvalue weighted by Gasteiger charge is 2.22. The highest BCUT2D eigenvalue weighted by molar-refractivity contribution is 7.89. The van der Waals surface area contributed by atoms with E-state index in [9.17, 15) is 18.0 Å². The van der Waals surface area contributed by atoms with Gasteiger partial charge in [-0.2, -0.15) is 0 Å². The second-order valence-electron chi connectivity index (χ2n) is 5.18. The molecule has 1 saturated heterocycles. The minimum atomic E-state index is -3.93. The van der Waals surface area contributed by atoms with Crippen LogP contribution in [0.4, 0.5) is 5.69 Å². The molecule has 2 N–H and O–H groups in total. The van der Waals surface area contributed by atoms with Crippen molar-refractivity contribution in [2.24, 2.45) is 0 Å². The molecule has 24 heavy (non-hydrogen) atoms. The van der Waals surface area contributed by atoms with Crippen LogP contribution in [0.5, 0.6) is 0 Å². The maximum atomic E-state index is 12.2. The molecule has 8 nitrogen and oxygen atoms in total. The Morgan fingerprint density at radius 2 is 1.92 bits per heavy atom. The number of hydrogen-bond donors (Lipinski definition) is 2. The first kappa shape index (κ1) is 16.2. The van der Waals surface area contributed by atoms with Gasteiger partial charge in [0.25, 0.3) is 10.0 Å². The van der Waals surface area contributed by atoms with Gasteiger partial charge in [0, 0.05) is 18.7 Å². The summed E-state index contributed by atoms with van der Waals surface area (Å²) in [5.74, 6) is -0.696. The van der Waals surface area contributed by atoms with Crippen LogP contribution in [-0.4, -0.2) is 26.8 Å². The van der Waals surface area contributed by atoms with Gasteiger partial charge in [-0.25, -0.2) is 8.42 Å². The highest BCUT2D eigenvalue weighted by atomic mass is 32.2. The third-order valence-corrected chi connectivity index (χ3v) is 4.84. The maximum absolute atomic E-state index is 12.2. The molecule has 0 radical (unpaired) electrons. The average Bonchev–Trinajstić information content (AvgIpc) is 3.24. The summed E-state index contributed by atoms with van der Waals surface area (Å²) in [4.78, 5) is 26.9. The number of amides is 2. The molecule has 2 amide bonds. The molecule has 2 aromatic rings. The lowest BCUT2D eigenvalue weighted by atomic mass is 10.3. The molecule has 0 aliphatic carbocycles. The molecule has 1 aromatic carbocycles. The second-order valence-corrected chi connectivity index (χ2v) is 6.86. The minimum absolute atomic E-state index is 0.0133. The normalized spacial score (nSPS) is 14.8. The number of rotatable bonds is 5. The Bertz CT molecular complexity index is 844. The zero-order valence-electron chi connectivity index (χ0n) is 12.6. The molecule has 9 heteroatoms. The predicted molar refractivity (Wildman–Crippen MR) is 84.5 cm³/mol. The van der Waals surface area contributed by atoms with E-state index in [2.05, 4.69) is 5.43 Å². The van der Waals surface area contributed by atoms with E-state index >= 15 is 0 Å². The van der Waals surface area contributed by atoms with Crippen LogP contribution in [0.3, 0.4) is 0 Å². The van der Waals surface area contributed by atoms with Crippen molar-refractivity contribution in [2.75, 3.05) is 11.4 Å². The summed E-state index contributed by atoms with van der Waals surface area (Å²) < 4.78 is 29.2. The fraction of sp³-hybridized carbons (Fsp3) is 0.200. The summed E-state index contributed by atoms with van der Waals surface area (Å²) in [7, 11) is -3.93. The van der Waals surface area contributed by atoms with Gasteiger partial charge in [0.05, 0.1) is 11.2 Å². The Morgan fingerprint density at radius 1 is 1.17 bits per heavy atom. The number of carbonyl (C=O) groups is 2. The molecule has 126 valence electrons. The van der Waals surface area contributed by atoms with Crippen molar-refractivity contribution in [1.29, 1.82) is 0 Å². The first-order valence-electron chi connectivity index (χ1n) is 7.23. The van der Waals surface area contributed by atoms with Gasteiger partial charge < -0.3 is 9.32 Å². The summed E-state index contributed by atoms with van der Waals surface area (Å²) in [5.41, 5.74) is 2.71. The van der Waals surface area contributed by atoms with E-state index in [4.69, 9.17) is 4.42 Å². The van der Waals surface area contributed by atoms with E-state index in [1.54, 1.807) is 17.0 Å². The van der Waals surface area contributed by atoms with Gasteiger partial charge in [0.1, 0.15) is 0 Å². The van der Waals surface area contributed by atoms with Gasteiger partial charge in [-0.1, -0.05) is 0 Å². The van der Waals surface area contributed by atoms with Gasteiger partial charge >= 0.3 is 5.91 Å². The number of carbonyl (C=O) groups excluding carboxylic acids is 2. The lowest BCUT2D eigenvalue weighted by Crippen LogP contribution is -2.41. The summed E-state index contributed by atoms with van der Waals surface area (Å²) in [6.07, 6.45) is 2.60. The van der Waals surface area contributed by atoms with Crippen LogP contribution >= 0.6 is 0 Å². The van der Waals surface area contributed by atoms with Gasteiger partial charge in [-0.15, -0.1) is 4.83 Å². The van der Waals surface area contributed by atoms with E-state index in [0.29, 0.717) is 18.7 Å². The molecule has 1 aromatic heterocycles. The molecule has 0 atom stereocenters.